The summed E-state index contributed by atoms with van der Waals surface area (Å²) in [5.41, 5.74) is 1.89. The lowest BCUT2D eigenvalue weighted by Gasteiger charge is -2.12. The number of carboxylic acid groups (broad SMARTS) is 1. The zero-order valence-corrected chi connectivity index (χ0v) is 10.6. The highest BCUT2D eigenvalue weighted by molar-refractivity contribution is 5.96. The van der Waals surface area contributed by atoms with Gasteiger partial charge in [-0.15, -0.1) is 0 Å². The maximum atomic E-state index is 13.0. The highest BCUT2D eigenvalue weighted by Crippen LogP contribution is 2.27. The van der Waals surface area contributed by atoms with Crippen LogP contribution in [0.2, 0.25) is 0 Å². The van der Waals surface area contributed by atoms with E-state index in [0.29, 0.717) is 16.9 Å². The SMILES string of the molecule is [C-]#[N+]c1ccc(Nc2ccc(F)cc2C)c(C(=O)O)c1. The number of aryl methyl sites for hydroxylation is 1. The molecule has 0 heterocycles. The van der Waals surface area contributed by atoms with Gasteiger partial charge < -0.3 is 10.4 Å². The molecule has 2 aromatic carbocycles. The first kappa shape index (κ1) is 13.6. The molecule has 0 bridgehead atoms. The second-order valence-electron chi connectivity index (χ2n) is 4.23. The number of rotatable bonds is 3. The predicted octanol–water partition coefficient (Wildman–Crippen LogP) is 4.13. The number of aromatic carboxylic acids is 1. The molecule has 0 atom stereocenters. The molecule has 0 amide bonds. The van der Waals surface area contributed by atoms with Crippen LogP contribution in [0.1, 0.15) is 15.9 Å². The summed E-state index contributed by atoms with van der Waals surface area (Å²) >= 11 is 0. The minimum Gasteiger partial charge on any atom is -0.478 e. The van der Waals surface area contributed by atoms with Crippen molar-refractivity contribution in [3.8, 4) is 0 Å². The quantitative estimate of drug-likeness (QED) is 0.824. The maximum absolute atomic E-state index is 13.0. The first-order valence-electron chi connectivity index (χ1n) is 5.79. The molecule has 20 heavy (non-hydrogen) atoms. The van der Waals surface area contributed by atoms with Crippen LogP contribution in [0.5, 0.6) is 0 Å². The molecule has 5 heteroatoms. The molecule has 0 aliphatic carbocycles. The molecule has 2 rings (SSSR count). The van der Waals surface area contributed by atoms with Gasteiger partial charge in [-0.1, -0.05) is 6.07 Å². The van der Waals surface area contributed by atoms with Gasteiger partial charge in [0.05, 0.1) is 17.8 Å². The zero-order chi connectivity index (χ0) is 14.7. The van der Waals surface area contributed by atoms with Gasteiger partial charge in [0, 0.05) is 5.69 Å². The fourth-order valence-electron chi connectivity index (χ4n) is 1.80. The zero-order valence-electron chi connectivity index (χ0n) is 10.6. The van der Waals surface area contributed by atoms with Crippen molar-refractivity contribution >= 4 is 23.0 Å². The molecule has 4 nitrogen and oxygen atoms in total. The van der Waals surface area contributed by atoms with Gasteiger partial charge in [-0.05, 0) is 42.8 Å². The number of carboxylic acids is 1. The monoisotopic (exact) mass is 270 g/mol. The Hall–Kier alpha value is -2.87. The molecule has 0 aromatic heterocycles. The second-order valence-corrected chi connectivity index (χ2v) is 4.23. The van der Waals surface area contributed by atoms with E-state index >= 15 is 0 Å². The Labute approximate surface area is 115 Å². The molecule has 0 aliphatic rings. The normalized spacial score (nSPS) is 9.85. The molecule has 0 aliphatic heterocycles. The van der Waals surface area contributed by atoms with E-state index in [9.17, 15) is 14.3 Å². The summed E-state index contributed by atoms with van der Waals surface area (Å²) < 4.78 is 13.0. The Morgan fingerprint density at radius 3 is 2.55 bits per heavy atom. The van der Waals surface area contributed by atoms with E-state index in [-0.39, 0.29) is 17.1 Å². The number of hydrogen-bond acceptors (Lipinski definition) is 2. The van der Waals surface area contributed by atoms with Crippen molar-refractivity contribution < 1.29 is 14.3 Å². The first-order valence-corrected chi connectivity index (χ1v) is 5.79. The van der Waals surface area contributed by atoms with Gasteiger partial charge >= 0.3 is 5.97 Å². The lowest BCUT2D eigenvalue weighted by molar-refractivity contribution is 0.0698. The number of carbonyl (C=O) groups is 1. The molecule has 100 valence electrons. The van der Waals surface area contributed by atoms with Crippen molar-refractivity contribution in [1.29, 1.82) is 0 Å². The Morgan fingerprint density at radius 2 is 1.95 bits per heavy atom. The van der Waals surface area contributed by atoms with E-state index in [4.69, 9.17) is 6.57 Å². The van der Waals surface area contributed by atoms with Crippen LogP contribution in [0.4, 0.5) is 21.5 Å². The topological polar surface area (TPSA) is 53.7 Å². The van der Waals surface area contributed by atoms with Crippen molar-refractivity contribution in [2.75, 3.05) is 5.32 Å². The summed E-state index contributed by atoms with van der Waals surface area (Å²) in [6.07, 6.45) is 0. The Morgan fingerprint density at radius 1 is 1.25 bits per heavy atom. The van der Waals surface area contributed by atoms with E-state index in [1.54, 1.807) is 13.0 Å². The van der Waals surface area contributed by atoms with Crippen LogP contribution in [0.25, 0.3) is 4.85 Å². The average Bonchev–Trinajstić information content (AvgIpc) is 2.42. The summed E-state index contributed by atoms with van der Waals surface area (Å²) in [6.45, 7) is 8.62. The van der Waals surface area contributed by atoms with Crippen LogP contribution in [0, 0.1) is 19.3 Å². The highest BCUT2D eigenvalue weighted by atomic mass is 19.1. The smallest absolute Gasteiger partial charge is 0.336 e. The first-order chi connectivity index (χ1) is 9.51. The van der Waals surface area contributed by atoms with Gasteiger partial charge in [0.2, 0.25) is 0 Å². The van der Waals surface area contributed by atoms with Crippen molar-refractivity contribution in [1.82, 2.24) is 0 Å². The summed E-state index contributed by atoms with van der Waals surface area (Å²) in [6, 6.07) is 8.55. The van der Waals surface area contributed by atoms with Crippen LogP contribution in [0.3, 0.4) is 0 Å². The predicted molar refractivity (Wildman–Crippen MR) is 74.1 cm³/mol. The summed E-state index contributed by atoms with van der Waals surface area (Å²) in [4.78, 5) is 14.4. The van der Waals surface area contributed by atoms with Gasteiger partial charge in [0.15, 0.2) is 5.69 Å². The lowest BCUT2D eigenvalue weighted by Crippen LogP contribution is -2.03. The van der Waals surface area contributed by atoms with E-state index < -0.39 is 5.97 Å². The lowest BCUT2D eigenvalue weighted by atomic mass is 10.1. The van der Waals surface area contributed by atoms with Gasteiger partial charge in [0.1, 0.15) is 5.82 Å². The third kappa shape index (κ3) is 2.75. The van der Waals surface area contributed by atoms with E-state index in [0.717, 1.165) is 0 Å². The highest BCUT2D eigenvalue weighted by Gasteiger charge is 2.12. The Kier molecular flexibility index (Phi) is 3.67. The van der Waals surface area contributed by atoms with Crippen molar-refractivity contribution in [3.63, 3.8) is 0 Å². The molecular weight excluding hydrogens is 259 g/mol. The van der Waals surface area contributed by atoms with Crippen molar-refractivity contribution in [2.45, 2.75) is 6.92 Å². The molecule has 0 unspecified atom stereocenters. The molecule has 0 spiro atoms. The van der Waals surface area contributed by atoms with E-state index in [2.05, 4.69) is 10.2 Å². The number of halogens is 1. The summed E-state index contributed by atoms with van der Waals surface area (Å²) in [5, 5.41) is 12.1. The van der Waals surface area contributed by atoms with Gasteiger partial charge in [-0.2, -0.15) is 0 Å². The molecule has 0 saturated heterocycles. The number of benzene rings is 2. The van der Waals surface area contributed by atoms with Crippen LogP contribution in [-0.4, -0.2) is 11.1 Å². The van der Waals surface area contributed by atoms with Gasteiger partial charge in [-0.3, -0.25) is 0 Å². The van der Waals surface area contributed by atoms with Crippen LogP contribution in [-0.2, 0) is 0 Å². The fourth-order valence-corrected chi connectivity index (χ4v) is 1.80. The average molecular weight is 270 g/mol. The summed E-state index contributed by atoms with van der Waals surface area (Å²) in [7, 11) is 0. The Balaban J connectivity index is 2.43. The fraction of sp³-hybridized carbons (Fsp3) is 0.0667. The molecule has 2 aromatic rings. The minimum atomic E-state index is -1.13. The van der Waals surface area contributed by atoms with Gasteiger partial charge in [-0.25, -0.2) is 14.0 Å². The number of nitrogens with one attached hydrogen (secondary N) is 1. The molecule has 0 radical (unpaired) electrons. The number of hydrogen-bond donors (Lipinski definition) is 2. The van der Waals surface area contributed by atoms with Crippen LogP contribution >= 0.6 is 0 Å². The number of anilines is 2. The maximum Gasteiger partial charge on any atom is 0.336 e. The standard InChI is InChI=1S/C15H11FN2O2/c1-9-7-10(16)3-5-13(9)18-14-6-4-11(17-2)8-12(14)15(19)20/h3-8,18H,1H3,(H,19,20). The molecular formula is C15H11FN2O2. The van der Waals surface area contributed by atoms with Crippen LogP contribution in [0.15, 0.2) is 36.4 Å². The molecule has 0 fully saturated rings. The van der Waals surface area contributed by atoms with Crippen LogP contribution < -0.4 is 5.32 Å². The second kappa shape index (κ2) is 5.41. The van der Waals surface area contributed by atoms with Crippen molar-refractivity contribution in [3.05, 3.63) is 64.8 Å². The number of nitrogens with zero attached hydrogens (tertiary/aromatic N) is 1. The van der Waals surface area contributed by atoms with Gasteiger partial charge in [0.25, 0.3) is 0 Å². The summed E-state index contributed by atoms with van der Waals surface area (Å²) in [5.74, 6) is -1.48. The Bertz CT molecular complexity index is 720. The van der Waals surface area contributed by atoms with E-state index in [1.807, 2.05) is 0 Å². The molecule has 0 saturated carbocycles. The van der Waals surface area contributed by atoms with E-state index in [1.165, 1.54) is 30.3 Å². The third-order valence-electron chi connectivity index (χ3n) is 2.82. The third-order valence-corrected chi connectivity index (χ3v) is 2.82. The van der Waals surface area contributed by atoms with Crippen molar-refractivity contribution in [2.24, 2.45) is 0 Å². The largest absolute Gasteiger partial charge is 0.478 e. The molecule has 2 N–H and O–H groups in total. The minimum absolute atomic E-state index is 0.00206.